The monoisotopic (exact) mass is 459 g/mol. The molecule has 0 atom stereocenters. The summed E-state index contributed by atoms with van der Waals surface area (Å²) in [5.41, 5.74) is 0.252. The van der Waals surface area contributed by atoms with Crippen LogP contribution >= 0.6 is 0 Å². The quantitative estimate of drug-likeness (QED) is 0.399. The third-order valence-electron chi connectivity index (χ3n) is 5.19. The Labute approximate surface area is 184 Å². The number of benzene rings is 2. The molecule has 168 valence electrons. The molecule has 10 nitrogen and oxygen atoms in total. The zero-order valence-electron chi connectivity index (χ0n) is 17.0. The minimum atomic E-state index is -3.63. The summed E-state index contributed by atoms with van der Waals surface area (Å²) in [6, 6.07) is 8.69. The molecule has 0 radical (unpaired) electrons. The summed E-state index contributed by atoms with van der Waals surface area (Å²) in [6.45, 7) is 0.933. The highest BCUT2D eigenvalue weighted by atomic mass is 32.2. The van der Waals surface area contributed by atoms with Crippen molar-refractivity contribution in [3.05, 3.63) is 58.2 Å². The molecule has 4 rings (SSSR count). The van der Waals surface area contributed by atoms with Crippen LogP contribution in [0, 0.1) is 10.1 Å². The molecule has 0 aliphatic carbocycles. The number of nitrogens with one attached hydrogen (secondary N) is 1. The first-order valence-electron chi connectivity index (χ1n) is 10.0. The van der Waals surface area contributed by atoms with Gasteiger partial charge in [0.25, 0.3) is 5.69 Å². The summed E-state index contributed by atoms with van der Waals surface area (Å²) in [7, 11) is -3.63. The summed E-state index contributed by atoms with van der Waals surface area (Å²) in [4.78, 5) is 23.2. The predicted octanol–water partition coefficient (Wildman–Crippen LogP) is 3.15. The molecule has 0 bridgehead atoms. The van der Waals surface area contributed by atoms with Gasteiger partial charge in [0, 0.05) is 24.9 Å². The van der Waals surface area contributed by atoms with Crippen LogP contribution in [0.1, 0.15) is 24.8 Å². The molecule has 32 heavy (non-hydrogen) atoms. The standard InChI is InChI=1S/C21H21N3O7S/c25-21(8-7-15-11-19-20(31-14-30-19)13-18(15)24(26)27)22-16-5-4-6-17(12-16)32(28,29)23-9-2-1-3-10-23/h4-8,11-13H,1-3,9-10,14H2,(H,22,25). The highest BCUT2D eigenvalue weighted by Gasteiger charge is 2.26. The second kappa shape index (κ2) is 8.97. The van der Waals surface area contributed by atoms with Crippen LogP contribution in [-0.2, 0) is 14.8 Å². The number of carbonyl (C=O) groups excluding carboxylic acids is 1. The fourth-order valence-electron chi connectivity index (χ4n) is 3.58. The summed E-state index contributed by atoms with van der Waals surface area (Å²) in [5, 5.41) is 13.9. The van der Waals surface area contributed by atoms with Gasteiger partial charge in [0.05, 0.1) is 21.4 Å². The zero-order chi connectivity index (χ0) is 22.7. The third kappa shape index (κ3) is 4.58. The number of hydrogen-bond donors (Lipinski definition) is 1. The van der Waals surface area contributed by atoms with Crippen LogP contribution in [0.15, 0.2) is 47.4 Å². The molecular weight excluding hydrogens is 438 g/mol. The summed E-state index contributed by atoms with van der Waals surface area (Å²) in [6.07, 6.45) is 5.09. The van der Waals surface area contributed by atoms with Gasteiger partial charge in [-0.25, -0.2) is 8.42 Å². The lowest BCUT2D eigenvalue weighted by Crippen LogP contribution is -2.35. The molecule has 11 heteroatoms. The van der Waals surface area contributed by atoms with Crippen molar-refractivity contribution < 1.29 is 27.6 Å². The highest BCUT2D eigenvalue weighted by Crippen LogP contribution is 2.38. The number of carbonyl (C=O) groups is 1. The van der Waals surface area contributed by atoms with Crippen molar-refractivity contribution >= 4 is 33.4 Å². The summed E-state index contributed by atoms with van der Waals surface area (Å²) in [5.74, 6) is 0.0563. The normalized spacial score (nSPS) is 16.2. The van der Waals surface area contributed by atoms with E-state index >= 15 is 0 Å². The van der Waals surface area contributed by atoms with E-state index in [9.17, 15) is 23.3 Å². The fraction of sp³-hybridized carbons (Fsp3) is 0.286. The first-order chi connectivity index (χ1) is 15.3. The summed E-state index contributed by atoms with van der Waals surface area (Å²) < 4.78 is 37.5. The number of nitro groups is 1. The van der Waals surface area contributed by atoms with E-state index in [0.717, 1.165) is 25.3 Å². The van der Waals surface area contributed by atoms with Crippen molar-refractivity contribution in [1.29, 1.82) is 0 Å². The molecule has 0 aromatic heterocycles. The molecule has 0 spiro atoms. The Hall–Kier alpha value is -3.44. The maximum Gasteiger partial charge on any atom is 0.280 e. The topological polar surface area (TPSA) is 128 Å². The molecule has 1 N–H and O–H groups in total. The Kier molecular flexibility index (Phi) is 6.10. The van der Waals surface area contributed by atoms with E-state index in [0.29, 0.717) is 24.5 Å². The molecule has 2 aliphatic heterocycles. The van der Waals surface area contributed by atoms with Crippen molar-refractivity contribution in [2.45, 2.75) is 24.2 Å². The van der Waals surface area contributed by atoms with Crippen molar-refractivity contribution in [3.8, 4) is 11.5 Å². The number of piperidine rings is 1. The molecule has 0 unspecified atom stereocenters. The SMILES string of the molecule is O=C(C=Cc1cc2c(cc1[N+](=O)[O-])OCO2)Nc1cccc(S(=O)(=O)N2CCCCC2)c1. The van der Waals surface area contributed by atoms with Crippen LogP contribution in [-0.4, -0.2) is 43.4 Å². The maximum atomic E-state index is 12.8. The van der Waals surface area contributed by atoms with E-state index in [4.69, 9.17) is 9.47 Å². The number of anilines is 1. The largest absolute Gasteiger partial charge is 0.454 e. The van der Waals surface area contributed by atoms with Gasteiger partial charge in [-0.2, -0.15) is 4.31 Å². The van der Waals surface area contributed by atoms with Crippen LogP contribution in [0.3, 0.4) is 0 Å². The lowest BCUT2D eigenvalue weighted by atomic mass is 10.1. The van der Waals surface area contributed by atoms with Gasteiger partial charge in [-0.3, -0.25) is 14.9 Å². The minimum absolute atomic E-state index is 0.0309. The van der Waals surface area contributed by atoms with Crippen LogP contribution in [0.5, 0.6) is 11.5 Å². The van der Waals surface area contributed by atoms with Gasteiger partial charge >= 0.3 is 0 Å². The van der Waals surface area contributed by atoms with Gasteiger partial charge in [-0.1, -0.05) is 12.5 Å². The van der Waals surface area contributed by atoms with Crippen molar-refractivity contribution in [3.63, 3.8) is 0 Å². The lowest BCUT2D eigenvalue weighted by molar-refractivity contribution is -0.385. The van der Waals surface area contributed by atoms with E-state index in [-0.39, 0.29) is 28.7 Å². The average Bonchev–Trinajstić information content (AvgIpc) is 3.25. The Morgan fingerprint density at radius 2 is 1.81 bits per heavy atom. The van der Waals surface area contributed by atoms with Crippen molar-refractivity contribution in [1.82, 2.24) is 4.31 Å². The van der Waals surface area contributed by atoms with Crippen LogP contribution < -0.4 is 14.8 Å². The van der Waals surface area contributed by atoms with Gasteiger partial charge in [0.2, 0.25) is 22.7 Å². The van der Waals surface area contributed by atoms with Gasteiger partial charge in [-0.05, 0) is 43.2 Å². The molecular formula is C21H21N3O7S. The van der Waals surface area contributed by atoms with Crippen molar-refractivity contribution in [2.24, 2.45) is 0 Å². The highest BCUT2D eigenvalue weighted by molar-refractivity contribution is 7.89. The molecule has 0 saturated carbocycles. The molecule has 1 fully saturated rings. The maximum absolute atomic E-state index is 12.8. The smallest absolute Gasteiger partial charge is 0.280 e. The number of nitro benzene ring substituents is 1. The van der Waals surface area contributed by atoms with Crippen molar-refractivity contribution in [2.75, 3.05) is 25.2 Å². The number of nitrogens with zero attached hydrogens (tertiary/aromatic N) is 2. The molecule has 1 saturated heterocycles. The third-order valence-corrected chi connectivity index (χ3v) is 7.08. The first kappa shape index (κ1) is 21.8. The second-order valence-electron chi connectivity index (χ2n) is 7.34. The molecule has 2 aromatic rings. The molecule has 2 aliphatic rings. The van der Waals surface area contributed by atoms with Crippen LogP contribution in [0.25, 0.3) is 6.08 Å². The van der Waals surface area contributed by atoms with Gasteiger partial charge in [0.1, 0.15) is 0 Å². The molecule has 2 heterocycles. The Balaban J connectivity index is 1.50. The lowest BCUT2D eigenvalue weighted by Gasteiger charge is -2.26. The number of sulfonamides is 1. The number of rotatable bonds is 6. The predicted molar refractivity (Wildman–Crippen MR) is 116 cm³/mol. The van der Waals surface area contributed by atoms with Gasteiger partial charge in [-0.15, -0.1) is 0 Å². The van der Waals surface area contributed by atoms with E-state index in [1.807, 2.05) is 0 Å². The minimum Gasteiger partial charge on any atom is -0.454 e. The van der Waals surface area contributed by atoms with E-state index in [1.54, 1.807) is 12.1 Å². The Morgan fingerprint density at radius 1 is 1.09 bits per heavy atom. The van der Waals surface area contributed by atoms with E-state index in [1.165, 1.54) is 34.6 Å². The fourth-order valence-corrected chi connectivity index (χ4v) is 5.14. The zero-order valence-corrected chi connectivity index (χ0v) is 17.8. The van der Waals surface area contributed by atoms with Crippen LogP contribution in [0.2, 0.25) is 0 Å². The van der Waals surface area contributed by atoms with E-state index < -0.39 is 20.9 Å². The number of amides is 1. The number of hydrogen-bond acceptors (Lipinski definition) is 7. The number of ether oxygens (including phenoxy) is 2. The van der Waals surface area contributed by atoms with Gasteiger partial charge < -0.3 is 14.8 Å². The molecule has 1 amide bonds. The van der Waals surface area contributed by atoms with Gasteiger partial charge in [0.15, 0.2) is 11.5 Å². The Morgan fingerprint density at radius 3 is 2.53 bits per heavy atom. The second-order valence-corrected chi connectivity index (χ2v) is 9.27. The number of fused-ring (bicyclic) bond motifs is 1. The average molecular weight is 459 g/mol. The van der Waals surface area contributed by atoms with E-state index in [2.05, 4.69) is 5.32 Å². The summed E-state index contributed by atoms with van der Waals surface area (Å²) >= 11 is 0. The first-order valence-corrected chi connectivity index (χ1v) is 11.5. The molecule has 2 aromatic carbocycles. The Bertz CT molecular complexity index is 1190. The van der Waals surface area contributed by atoms with Crippen LogP contribution in [0.4, 0.5) is 11.4 Å².